The van der Waals surface area contributed by atoms with Gasteiger partial charge in [-0.05, 0) is 39.5 Å². The molecular weight excluding hydrogens is 380 g/mol. The van der Waals surface area contributed by atoms with Gasteiger partial charge in [0.05, 0.1) is 19.1 Å². The van der Waals surface area contributed by atoms with Gasteiger partial charge in [-0.1, -0.05) is 51.5 Å². The van der Waals surface area contributed by atoms with Crippen molar-refractivity contribution in [2.45, 2.75) is 74.4 Å². The molecule has 0 spiro atoms. The van der Waals surface area contributed by atoms with E-state index in [1.807, 2.05) is 30.9 Å². The Morgan fingerprint density at radius 2 is 2.07 bits per heavy atom. The molecule has 7 nitrogen and oxygen atoms in total. The molecule has 30 heavy (non-hydrogen) atoms. The lowest BCUT2D eigenvalue weighted by Crippen LogP contribution is -2.29. The fourth-order valence-corrected chi connectivity index (χ4v) is 2.94. The Hall–Kier alpha value is -2.57. The summed E-state index contributed by atoms with van der Waals surface area (Å²) < 4.78 is 6.74. The van der Waals surface area contributed by atoms with Crippen molar-refractivity contribution in [2.24, 2.45) is 5.92 Å². The number of allylic oxidation sites excluding steroid dienone is 4. The van der Waals surface area contributed by atoms with E-state index in [0.717, 1.165) is 25.8 Å². The number of hydrogen-bond donors (Lipinski definition) is 1. The summed E-state index contributed by atoms with van der Waals surface area (Å²) in [5.74, 6) is 1.13. The molecule has 170 valence electrons. The Morgan fingerprint density at radius 3 is 2.63 bits per heavy atom. The topological polar surface area (TPSA) is 76.5 Å². The highest BCUT2D eigenvalue weighted by Gasteiger charge is 2.29. The predicted molar refractivity (Wildman–Crippen MR) is 123 cm³/mol. The van der Waals surface area contributed by atoms with Gasteiger partial charge in [-0.2, -0.15) is 0 Å². The first-order chi connectivity index (χ1) is 13.9. The fourth-order valence-electron chi connectivity index (χ4n) is 2.94. The second-order valence-electron chi connectivity index (χ2n) is 7.40. The number of anilines is 1. The number of nitrogens with zero attached hydrogens (tertiary/aromatic N) is 3. The summed E-state index contributed by atoms with van der Waals surface area (Å²) in [5, 5.41) is 2.65. The van der Waals surface area contributed by atoms with Crippen molar-refractivity contribution in [3.63, 3.8) is 0 Å². The van der Waals surface area contributed by atoms with Gasteiger partial charge >= 0.3 is 6.09 Å². The van der Waals surface area contributed by atoms with E-state index in [4.69, 9.17) is 4.74 Å². The van der Waals surface area contributed by atoms with Crippen molar-refractivity contribution in [3.8, 4) is 0 Å². The monoisotopic (exact) mass is 420 g/mol. The van der Waals surface area contributed by atoms with E-state index in [0.29, 0.717) is 31.4 Å². The van der Waals surface area contributed by atoms with Crippen LogP contribution in [0.5, 0.6) is 0 Å². The van der Waals surface area contributed by atoms with Crippen molar-refractivity contribution < 1.29 is 14.3 Å². The van der Waals surface area contributed by atoms with Crippen LogP contribution >= 0.6 is 0 Å². The van der Waals surface area contributed by atoms with Gasteiger partial charge in [-0.15, -0.1) is 0 Å². The summed E-state index contributed by atoms with van der Waals surface area (Å²) in [6, 6.07) is 0. The number of ether oxygens (including phenoxy) is 1. The molecule has 2 amide bonds. The molecule has 7 heteroatoms. The lowest BCUT2D eigenvalue weighted by molar-refractivity contribution is -0.129. The van der Waals surface area contributed by atoms with E-state index in [1.165, 1.54) is 5.57 Å². The van der Waals surface area contributed by atoms with E-state index in [-0.39, 0.29) is 13.3 Å². The molecule has 1 aromatic heterocycles. The lowest BCUT2D eigenvalue weighted by Gasteiger charge is -2.19. The van der Waals surface area contributed by atoms with Crippen LogP contribution in [0.1, 0.15) is 67.7 Å². The molecule has 0 saturated carbocycles. The average molecular weight is 421 g/mol. The first-order valence-electron chi connectivity index (χ1n) is 10.4. The first-order valence-corrected chi connectivity index (χ1v) is 10.4. The van der Waals surface area contributed by atoms with Gasteiger partial charge in [0, 0.05) is 13.0 Å². The molecule has 1 aliphatic rings. The third kappa shape index (κ3) is 10.3. The second kappa shape index (κ2) is 15.3. The van der Waals surface area contributed by atoms with Gasteiger partial charge in [0.1, 0.15) is 12.5 Å². The highest BCUT2D eigenvalue weighted by molar-refractivity contribution is 5.83. The van der Waals surface area contributed by atoms with Gasteiger partial charge in [-0.3, -0.25) is 14.7 Å². The van der Waals surface area contributed by atoms with Crippen LogP contribution in [-0.4, -0.2) is 39.6 Å². The van der Waals surface area contributed by atoms with Crippen molar-refractivity contribution in [2.75, 3.05) is 18.5 Å². The largest absolute Gasteiger partial charge is 0.449 e. The van der Waals surface area contributed by atoms with Gasteiger partial charge in [-0.25, -0.2) is 9.78 Å². The molecule has 0 bridgehead atoms. The number of hydrogen-bond acceptors (Lipinski definition) is 4. The number of imidazole rings is 1. The number of carbonyl (C=O) groups is 2. The summed E-state index contributed by atoms with van der Waals surface area (Å²) in [6.45, 7) is 11.8. The standard InChI is InChI=1S/C15H24N4O3.C7H12.CH4/c1-3-5-12-7-14(20)18(9-12)11-19-10-16-8-13(19)17-15(21)22-6-4-2;1-4-5-6-7(2)3;/h8,10,12H,3-7,9,11H2,1-2H3,(H,17,21);4-6H,1-3H3;1H4/b;5-4-;. The summed E-state index contributed by atoms with van der Waals surface area (Å²) >= 11 is 0. The van der Waals surface area contributed by atoms with E-state index in [1.54, 1.807) is 17.1 Å². The number of rotatable bonds is 8. The van der Waals surface area contributed by atoms with Crippen LogP contribution in [0, 0.1) is 5.92 Å². The van der Waals surface area contributed by atoms with Crippen LogP contribution in [0.2, 0.25) is 0 Å². The molecular formula is C23H40N4O3. The average Bonchev–Trinajstić information content (AvgIpc) is 3.25. The minimum atomic E-state index is -0.500. The normalized spacial score (nSPS) is 15.3. The Bertz CT molecular complexity index is 690. The molecule has 0 aromatic carbocycles. The number of nitrogens with one attached hydrogen (secondary N) is 1. The zero-order chi connectivity index (χ0) is 21.6. The van der Waals surface area contributed by atoms with Gasteiger partial charge in [0.2, 0.25) is 5.91 Å². The van der Waals surface area contributed by atoms with Gasteiger partial charge in [0.15, 0.2) is 0 Å². The van der Waals surface area contributed by atoms with E-state index in [2.05, 4.69) is 37.1 Å². The highest BCUT2D eigenvalue weighted by atomic mass is 16.5. The zero-order valence-corrected chi connectivity index (χ0v) is 18.5. The third-order valence-corrected chi connectivity index (χ3v) is 4.32. The molecule has 1 unspecified atom stereocenters. The maximum Gasteiger partial charge on any atom is 0.412 e. The highest BCUT2D eigenvalue weighted by Crippen LogP contribution is 2.23. The Labute approximate surface area is 182 Å². The molecule has 1 N–H and O–H groups in total. The van der Waals surface area contributed by atoms with Gasteiger partial charge < -0.3 is 9.64 Å². The van der Waals surface area contributed by atoms with Crippen LogP contribution in [-0.2, 0) is 16.2 Å². The van der Waals surface area contributed by atoms with Crippen molar-refractivity contribution >= 4 is 17.8 Å². The Kier molecular flexibility index (Phi) is 14.0. The molecule has 0 aliphatic carbocycles. The summed E-state index contributed by atoms with van der Waals surface area (Å²) in [6.07, 6.45) is 12.3. The number of aromatic nitrogens is 2. The number of carbonyl (C=O) groups excluding carboxylic acids is 2. The van der Waals surface area contributed by atoms with Crippen LogP contribution in [0.4, 0.5) is 10.6 Å². The molecule has 1 aliphatic heterocycles. The summed E-state index contributed by atoms with van der Waals surface area (Å²) in [5.41, 5.74) is 1.35. The third-order valence-electron chi connectivity index (χ3n) is 4.32. The Balaban J connectivity index is 0.000000909. The first kappa shape index (κ1) is 27.4. The van der Waals surface area contributed by atoms with Crippen LogP contribution in [0.15, 0.2) is 36.3 Å². The molecule has 1 atom stereocenters. The molecule has 1 saturated heterocycles. The van der Waals surface area contributed by atoms with Crippen LogP contribution < -0.4 is 5.32 Å². The molecule has 1 fully saturated rings. The lowest BCUT2D eigenvalue weighted by atomic mass is 10.0. The maximum absolute atomic E-state index is 12.0. The van der Waals surface area contributed by atoms with Gasteiger partial charge in [0.25, 0.3) is 0 Å². The smallest absolute Gasteiger partial charge is 0.412 e. The number of amides is 2. The molecule has 2 heterocycles. The van der Waals surface area contributed by atoms with Crippen molar-refractivity contribution in [1.29, 1.82) is 0 Å². The van der Waals surface area contributed by atoms with E-state index < -0.39 is 6.09 Å². The Morgan fingerprint density at radius 1 is 1.33 bits per heavy atom. The molecule has 2 rings (SSSR count). The van der Waals surface area contributed by atoms with E-state index >= 15 is 0 Å². The SMILES string of the molecule is C.C/C=C\C=C(C)C.CCCOC(=O)Nc1cncn1CN1CC(CCC)CC1=O. The quantitative estimate of drug-likeness (QED) is 0.554. The van der Waals surface area contributed by atoms with Crippen molar-refractivity contribution in [3.05, 3.63) is 36.3 Å². The summed E-state index contributed by atoms with van der Waals surface area (Å²) in [7, 11) is 0. The zero-order valence-electron chi connectivity index (χ0n) is 18.5. The molecule has 1 aromatic rings. The van der Waals surface area contributed by atoms with Crippen LogP contribution in [0.3, 0.4) is 0 Å². The summed E-state index contributed by atoms with van der Waals surface area (Å²) in [4.78, 5) is 29.5. The minimum absolute atomic E-state index is 0. The minimum Gasteiger partial charge on any atom is -0.449 e. The van der Waals surface area contributed by atoms with Crippen LogP contribution in [0.25, 0.3) is 0 Å². The fraction of sp³-hybridized carbons (Fsp3) is 0.609. The maximum atomic E-state index is 12.0. The van der Waals surface area contributed by atoms with E-state index in [9.17, 15) is 9.59 Å². The predicted octanol–water partition coefficient (Wildman–Crippen LogP) is 5.61. The second-order valence-corrected chi connectivity index (χ2v) is 7.40. The number of likely N-dealkylation sites (tertiary alicyclic amines) is 1. The van der Waals surface area contributed by atoms with Crippen molar-refractivity contribution in [1.82, 2.24) is 14.5 Å². The molecule has 0 radical (unpaired) electrons.